The molecule has 38 heavy (non-hydrogen) atoms. The number of carbonyl (C=O) groups is 4. The van der Waals surface area contributed by atoms with Crippen LogP contribution in [0.3, 0.4) is 0 Å². The summed E-state index contributed by atoms with van der Waals surface area (Å²) in [5.41, 5.74) is -0.203. The molecule has 0 heterocycles. The number of esters is 3. The Labute approximate surface area is 224 Å². The van der Waals surface area contributed by atoms with Crippen molar-refractivity contribution in [1.29, 1.82) is 0 Å². The molecule has 7 heteroatoms. The zero-order chi connectivity index (χ0) is 28.0. The van der Waals surface area contributed by atoms with Crippen molar-refractivity contribution in [3.05, 3.63) is 59.7 Å². The number of ether oxygens (including phenoxy) is 3. The Kier molecular flexibility index (Phi) is 7.43. The molecule has 0 amide bonds. The molecule has 1 aromatic carbocycles. The van der Waals surface area contributed by atoms with Gasteiger partial charge in [-0.3, -0.25) is 14.4 Å². The summed E-state index contributed by atoms with van der Waals surface area (Å²) in [6.45, 7) is 14.8. The van der Waals surface area contributed by atoms with E-state index in [1.807, 2.05) is 13.0 Å². The van der Waals surface area contributed by atoms with Crippen LogP contribution in [0, 0.1) is 29.1 Å². The fraction of sp³-hybridized carbons (Fsp3) is 0.548. The van der Waals surface area contributed by atoms with E-state index in [-0.39, 0.29) is 29.5 Å². The number of carbonyl (C=O) groups excluding carboxylic acids is 4. The fourth-order valence-electron chi connectivity index (χ4n) is 6.80. The van der Waals surface area contributed by atoms with Crippen molar-refractivity contribution in [2.75, 3.05) is 0 Å². The highest BCUT2D eigenvalue weighted by Crippen LogP contribution is 2.62. The predicted octanol–water partition coefficient (Wildman–Crippen LogP) is 5.24. The molecular formula is C31H38O7. The Morgan fingerprint density at radius 1 is 1.03 bits per heavy atom. The summed E-state index contributed by atoms with van der Waals surface area (Å²) in [7, 11) is 0. The van der Waals surface area contributed by atoms with Gasteiger partial charge in [0, 0.05) is 20.3 Å². The summed E-state index contributed by atoms with van der Waals surface area (Å²) < 4.78 is 17.9. The van der Waals surface area contributed by atoms with Gasteiger partial charge in [0.05, 0.1) is 11.5 Å². The van der Waals surface area contributed by atoms with Crippen molar-refractivity contribution in [2.24, 2.45) is 29.1 Å². The average Bonchev–Trinajstić information content (AvgIpc) is 3.24. The van der Waals surface area contributed by atoms with Crippen LogP contribution in [-0.4, -0.2) is 41.5 Å². The predicted molar refractivity (Wildman–Crippen MR) is 141 cm³/mol. The van der Waals surface area contributed by atoms with Gasteiger partial charge in [0.15, 0.2) is 5.60 Å². The Hall–Kier alpha value is -3.22. The molecule has 0 bridgehead atoms. The van der Waals surface area contributed by atoms with Crippen molar-refractivity contribution in [2.45, 2.75) is 78.6 Å². The molecular weight excluding hydrogens is 484 g/mol. The second kappa shape index (κ2) is 10.2. The molecule has 0 radical (unpaired) electrons. The van der Waals surface area contributed by atoms with Crippen molar-refractivity contribution in [3.63, 3.8) is 0 Å². The van der Waals surface area contributed by atoms with Gasteiger partial charge in [0.25, 0.3) is 0 Å². The van der Waals surface area contributed by atoms with Crippen LogP contribution in [0.2, 0.25) is 0 Å². The van der Waals surface area contributed by atoms with Crippen molar-refractivity contribution in [1.82, 2.24) is 0 Å². The molecule has 2 fully saturated rings. The van der Waals surface area contributed by atoms with E-state index < -0.39 is 41.6 Å². The molecule has 204 valence electrons. The quantitative estimate of drug-likeness (QED) is 0.303. The lowest BCUT2D eigenvalue weighted by Crippen LogP contribution is -2.55. The van der Waals surface area contributed by atoms with Gasteiger partial charge < -0.3 is 14.2 Å². The number of hydrogen-bond acceptors (Lipinski definition) is 7. The van der Waals surface area contributed by atoms with Gasteiger partial charge in [-0.1, -0.05) is 51.6 Å². The van der Waals surface area contributed by atoms with Crippen LogP contribution in [-0.2, 0) is 28.6 Å². The third-order valence-corrected chi connectivity index (χ3v) is 8.77. The molecule has 0 N–H and O–H groups in total. The molecule has 4 rings (SSSR count). The maximum absolute atomic E-state index is 14.3. The molecule has 0 unspecified atom stereocenters. The monoisotopic (exact) mass is 522 g/mol. The SMILES string of the molecule is C=C1CC[C@H]2[C@@H](C=C(C)C(=O)[C@@]3(OC(C)=O)C[C@H](C)[C@H](OC(=O)c4ccccc4)[C@@H]3[C@@H]1OC(C)=O)C2(C)C. The van der Waals surface area contributed by atoms with Gasteiger partial charge in [-0.2, -0.15) is 0 Å². The van der Waals surface area contributed by atoms with Gasteiger partial charge in [-0.05, 0) is 66.2 Å². The molecule has 1 aromatic rings. The van der Waals surface area contributed by atoms with Crippen molar-refractivity contribution < 1.29 is 33.4 Å². The highest BCUT2D eigenvalue weighted by molar-refractivity contribution is 6.03. The number of rotatable bonds is 4. The number of allylic oxidation sites excluding steroid dienone is 1. The first kappa shape index (κ1) is 27.8. The molecule has 2 saturated carbocycles. The van der Waals surface area contributed by atoms with Crippen molar-refractivity contribution in [3.8, 4) is 0 Å². The summed E-state index contributed by atoms with van der Waals surface area (Å²) in [5.74, 6) is -2.89. The number of hydrogen-bond donors (Lipinski definition) is 0. The summed E-state index contributed by atoms with van der Waals surface area (Å²) in [6, 6.07) is 8.56. The first-order chi connectivity index (χ1) is 17.8. The summed E-state index contributed by atoms with van der Waals surface area (Å²) in [6.07, 6.45) is 1.63. The number of fused-ring (bicyclic) bond motifs is 2. The van der Waals surface area contributed by atoms with Crippen LogP contribution in [0.1, 0.15) is 71.2 Å². The third-order valence-electron chi connectivity index (χ3n) is 8.77. The molecule has 0 spiro atoms. The highest BCUT2D eigenvalue weighted by atomic mass is 16.6. The molecule has 0 aromatic heterocycles. The Morgan fingerprint density at radius 2 is 1.68 bits per heavy atom. The number of benzene rings is 1. The zero-order valence-corrected chi connectivity index (χ0v) is 23.1. The smallest absolute Gasteiger partial charge is 0.338 e. The lowest BCUT2D eigenvalue weighted by atomic mass is 9.76. The van der Waals surface area contributed by atoms with E-state index in [1.54, 1.807) is 37.3 Å². The van der Waals surface area contributed by atoms with E-state index >= 15 is 0 Å². The van der Waals surface area contributed by atoms with E-state index in [4.69, 9.17) is 14.2 Å². The van der Waals surface area contributed by atoms with E-state index in [0.717, 1.165) is 6.42 Å². The largest absolute Gasteiger partial charge is 0.458 e. The number of Topliss-reactive ketones (excluding diaryl/α,β-unsaturated/α-hetero) is 1. The standard InChI is InChI=1S/C31H38O7/c1-17-13-14-23-24(30(23,6)7)15-18(2)28(34)31(38-21(5)33)16-19(3)27(25(31)26(17)36-20(4)32)37-29(35)22-11-9-8-10-12-22/h8-12,15,19,23-27H,1,13-14,16H2,2-7H3/t19-,23-,24+,25-,26+,27-,31+/m0/s1. The number of ketones is 1. The van der Waals surface area contributed by atoms with E-state index in [1.165, 1.54) is 13.8 Å². The summed E-state index contributed by atoms with van der Waals surface area (Å²) in [4.78, 5) is 52.4. The minimum atomic E-state index is -1.69. The fourth-order valence-corrected chi connectivity index (χ4v) is 6.80. The maximum atomic E-state index is 14.3. The van der Waals surface area contributed by atoms with Crippen LogP contribution >= 0.6 is 0 Å². The topological polar surface area (TPSA) is 96.0 Å². The minimum absolute atomic E-state index is 0.0165. The normalized spacial score (nSPS) is 34.1. The Morgan fingerprint density at radius 3 is 2.29 bits per heavy atom. The lowest BCUT2D eigenvalue weighted by molar-refractivity contribution is -0.179. The zero-order valence-electron chi connectivity index (χ0n) is 23.1. The second-order valence-electron chi connectivity index (χ2n) is 11.8. The maximum Gasteiger partial charge on any atom is 0.338 e. The van der Waals surface area contributed by atoms with Crippen LogP contribution in [0.25, 0.3) is 0 Å². The van der Waals surface area contributed by atoms with Crippen LogP contribution in [0.4, 0.5) is 0 Å². The first-order valence-corrected chi connectivity index (χ1v) is 13.3. The molecule has 7 atom stereocenters. The van der Waals surface area contributed by atoms with Gasteiger partial charge in [0.2, 0.25) is 5.78 Å². The van der Waals surface area contributed by atoms with Crippen LogP contribution in [0.15, 0.2) is 54.1 Å². The lowest BCUT2D eigenvalue weighted by Gasteiger charge is -2.39. The summed E-state index contributed by atoms with van der Waals surface area (Å²) in [5, 5.41) is 0. The minimum Gasteiger partial charge on any atom is -0.458 e. The van der Waals surface area contributed by atoms with Crippen LogP contribution < -0.4 is 0 Å². The van der Waals surface area contributed by atoms with Gasteiger partial charge in [0.1, 0.15) is 12.2 Å². The van der Waals surface area contributed by atoms with Gasteiger partial charge >= 0.3 is 17.9 Å². The van der Waals surface area contributed by atoms with E-state index in [9.17, 15) is 19.2 Å². The molecule has 0 saturated heterocycles. The summed E-state index contributed by atoms with van der Waals surface area (Å²) >= 11 is 0. The van der Waals surface area contributed by atoms with E-state index in [0.29, 0.717) is 29.0 Å². The second-order valence-corrected chi connectivity index (χ2v) is 11.8. The Bertz CT molecular complexity index is 1180. The highest BCUT2D eigenvalue weighted by Gasteiger charge is 2.65. The molecule has 7 nitrogen and oxygen atoms in total. The molecule has 3 aliphatic rings. The molecule has 3 aliphatic carbocycles. The van der Waals surface area contributed by atoms with E-state index in [2.05, 4.69) is 20.4 Å². The molecule has 0 aliphatic heterocycles. The van der Waals surface area contributed by atoms with Gasteiger partial charge in [-0.25, -0.2) is 4.79 Å². The van der Waals surface area contributed by atoms with Crippen molar-refractivity contribution >= 4 is 23.7 Å². The van der Waals surface area contributed by atoms with Crippen LogP contribution in [0.5, 0.6) is 0 Å². The first-order valence-electron chi connectivity index (χ1n) is 13.3. The third kappa shape index (κ3) is 4.95. The Balaban J connectivity index is 1.87. The average molecular weight is 523 g/mol. The van der Waals surface area contributed by atoms with Gasteiger partial charge in [-0.15, -0.1) is 0 Å².